The number of piperidine rings is 1. The van der Waals surface area contributed by atoms with Gasteiger partial charge in [-0.1, -0.05) is 18.6 Å². The van der Waals surface area contributed by atoms with Gasteiger partial charge in [0.15, 0.2) is 0 Å². The molecule has 2 heterocycles. The Morgan fingerprint density at radius 3 is 2.90 bits per heavy atom. The van der Waals surface area contributed by atoms with E-state index in [0.717, 1.165) is 18.7 Å². The molecule has 0 bridgehead atoms. The molecule has 2 aliphatic heterocycles. The Labute approximate surface area is 118 Å². The van der Waals surface area contributed by atoms with Crippen molar-refractivity contribution in [2.24, 2.45) is 0 Å². The summed E-state index contributed by atoms with van der Waals surface area (Å²) in [5.41, 5.74) is 2.01. The number of anilines is 1. The van der Waals surface area contributed by atoms with E-state index in [4.69, 9.17) is 0 Å². The zero-order chi connectivity index (χ0) is 13.9. The number of rotatable bonds is 2. The number of hydrogen-bond acceptors (Lipinski definition) is 3. The predicted molar refractivity (Wildman–Crippen MR) is 76.4 cm³/mol. The molecule has 1 aromatic rings. The Bertz CT molecular complexity index is 524. The Kier molecular flexibility index (Phi) is 3.69. The summed E-state index contributed by atoms with van der Waals surface area (Å²) in [5.74, 6) is -0.163. The Morgan fingerprint density at radius 2 is 2.10 bits per heavy atom. The maximum absolute atomic E-state index is 11.9. The highest BCUT2D eigenvalue weighted by Gasteiger charge is 2.25. The molecule has 0 saturated carbocycles. The second kappa shape index (κ2) is 5.63. The summed E-state index contributed by atoms with van der Waals surface area (Å²) >= 11 is 0. The maximum atomic E-state index is 11.9. The van der Waals surface area contributed by atoms with Gasteiger partial charge >= 0.3 is 0 Å². The van der Waals surface area contributed by atoms with E-state index in [1.54, 1.807) is 4.90 Å². The van der Waals surface area contributed by atoms with E-state index in [0.29, 0.717) is 6.04 Å². The number of piperazine rings is 1. The zero-order valence-corrected chi connectivity index (χ0v) is 11.4. The van der Waals surface area contributed by atoms with Crippen molar-refractivity contribution in [1.29, 1.82) is 0 Å². The molecular weight excluding hydrogens is 254 g/mol. The molecule has 5 heteroatoms. The first-order chi connectivity index (χ1) is 9.74. The summed E-state index contributed by atoms with van der Waals surface area (Å²) in [7, 11) is 0. The van der Waals surface area contributed by atoms with Gasteiger partial charge in [-0.05, 0) is 37.1 Å². The quantitative estimate of drug-likeness (QED) is 0.844. The van der Waals surface area contributed by atoms with Crippen LogP contribution in [0.25, 0.3) is 0 Å². The molecule has 1 atom stereocenters. The normalized spacial score (nSPS) is 23.6. The van der Waals surface area contributed by atoms with Crippen LogP contribution in [-0.2, 0) is 9.59 Å². The van der Waals surface area contributed by atoms with Crippen LogP contribution in [0.3, 0.4) is 0 Å². The van der Waals surface area contributed by atoms with E-state index < -0.39 is 0 Å². The van der Waals surface area contributed by atoms with Crippen molar-refractivity contribution < 1.29 is 9.59 Å². The number of carbonyl (C=O) groups is 2. The van der Waals surface area contributed by atoms with Crippen LogP contribution in [0.4, 0.5) is 5.69 Å². The van der Waals surface area contributed by atoms with Crippen molar-refractivity contribution in [3.8, 4) is 0 Å². The number of hydrogen-bond donors (Lipinski definition) is 2. The van der Waals surface area contributed by atoms with Crippen molar-refractivity contribution in [1.82, 2.24) is 10.6 Å². The first-order valence-corrected chi connectivity index (χ1v) is 7.14. The van der Waals surface area contributed by atoms with Gasteiger partial charge in [0, 0.05) is 11.7 Å². The Balaban J connectivity index is 1.82. The van der Waals surface area contributed by atoms with Crippen molar-refractivity contribution in [3.05, 3.63) is 29.8 Å². The topological polar surface area (TPSA) is 61.4 Å². The van der Waals surface area contributed by atoms with Gasteiger partial charge in [0.05, 0.1) is 6.54 Å². The number of nitrogens with one attached hydrogen (secondary N) is 2. The smallest absolute Gasteiger partial charge is 0.246 e. The molecule has 20 heavy (non-hydrogen) atoms. The van der Waals surface area contributed by atoms with E-state index in [1.807, 2.05) is 18.2 Å². The lowest BCUT2D eigenvalue weighted by Gasteiger charge is -2.29. The van der Waals surface area contributed by atoms with Crippen molar-refractivity contribution in [3.63, 3.8) is 0 Å². The molecule has 5 nitrogen and oxygen atoms in total. The predicted octanol–water partition coefficient (Wildman–Crippen LogP) is 0.964. The second-order valence-corrected chi connectivity index (χ2v) is 5.35. The Hall–Kier alpha value is -1.88. The van der Waals surface area contributed by atoms with Crippen molar-refractivity contribution >= 4 is 17.5 Å². The molecule has 2 fully saturated rings. The average Bonchev–Trinajstić information content (AvgIpc) is 2.51. The van der Waals surface area contributed by atoms with Crippen LogP contribution >= 0.6 is 0 Å². The van der Waals surface area contributed by atoms with E-state index in [-0.39, 0.29) is 24.9 Å². The van der Waals surface area contributed by atoms with Gasteiger partial charge in [0.2, 0.25) is 11.8 Å². The minimum absolute atomic E-state index is 0.0571. The van der Waals surface area contributed by atoms with Gasteiger partial charge in [-0.3, -0.25) is 9.59 Å². The molecule has 0 radical (unpaired) electrons. The first-order valence-electron chi connectivity index (χ1n) is 7.14. The van der Waals surface area contributed by atoms with E-state index >= 15 is 0 Å². The molecule has 1 aromatic carbocycles. The molecular formula is C15H19N3O2. The van der Waals surface area contributed by atoms with Crippen molar-refractivity contribution in [2.45, 2.75) is 25.3 Å². The fourth-order valence-electron chi connectivity index (χ4n) is 2.84. The third kappa shape index (κ3) is 2.67. The lowest BCUT2D eigenvalue weighted by atomic mass is 9.97. The van der Waals surface area contributed by atoms with Crippen LogP contribution in [0.2, 0.25) is 0 Å². The monoisotopic (exact) mass is 273 g/mol. The molecule has 2 aliphatic rings. The van der Waals surface area contributed by atoms with E-state index in [9.17, 15) is 9.59 Å². The molecule has 0 spiro atoms. The highest BCUT2D eigenvalue weighted by atomic mass is 16.2. The number of carbonyl (C=O) groups excluding carboxylic acids is 2. The summed E-state index contributed by atoms with van der Waals surface area (Å²) in [6, 6.07) is 8.32. The fourth-order valence-corrected chi connectivity index (χ4v) is 2.84. The highest BCUT2D eigenvalue weighted by Crippen LogP contribution is 2.26. The summed E-state index contributed by atoms with van der Waals surface area (Å²) in [5, 5.41) is 6.07. The average molecular weight is 273 g/mol. The number of nitrogens with zero attached hydrogens (tertiary/aromatic N) is 1. The zero-order valence-electron chi connectivity index (χ0n) is 11.4. The molecule has 0 aromatic heterocycles. The third-order valence-electron chi connectivity index (χ3n) is 3.93. The van der Waals surface area contributed by atoms with E-state index in [2.05, 4.69) is 16.7 Å². The molecule has 3 rings (SSSR count). The minimum Gasteiger partial charge on any atom is -0.345 e. The lowest BCUT2D eigenvalue weighted by molar-refractivity contribution is -0.128. The maximum Gasteiger partial charge on any atom is 0.246 e. The van der Waals surface area contributed by atoms with Gasteiger partial charge < -0.3 is 15.5 Å². The fraction of sp³-hybridized carbons (Fsp3) is 0.467. The third-order valence-corrected chi connectivity index (χ3v) is 3.93. The second-order valence-electron chi connectivity index (χ2n) is 5.35. The first kappa shape index (κ1) is 13.1. The molecule has 106 valence electrons. The molecule has 2 amide bonds. The SMILES string of the molecule is O=C1CN(c2cccc(C3CCCCN3)c2)C(=O)CN1. The summed E-state index contributed by atoms with van der Waals surface area (Å²) in [4.78, 5) is 24.9. The lowest BCUT2D eigenvalue weighted by Crippen LogP contribution is -2.51. The van der Waals surface area contributed by atoms with Crippen LogP contribution in [0.5, 0.6) is 0 Å². The van der Waals surface area contributed by atoms with Gasteiger partial charge in [-0.2, -0.15) is 0 Å². The van der Waals surface area contributed by atoms with Gasteiger partial charge in [-0.15, -0.1) is 0 Å². The van der Waals surface area contributed by atoms with Gasteiger partial charge in [0.1, 0.15) is 6.54 Å². The standard InChI is InChI=1S/C15H19N3O2/c19-14-10-18(15(20)9-17-14)12-5-3-4-11(8-12)13-6-1-2-7-16-13/h3-5,8,13,16H,1-2,6-7,9-10H2,(H,17,19). The molecule has 2 N–H and O–H groups in total. The molecule has 2 saturated heterocycles. The van der Waals surface area contributed by atoms with Crippen LogP contribution < -0.4 is 15.5 Å². The summed E-state index contributed by atoms with van der Waals surface area (Å²) < 4.78 is 0. The number of amides is 2. The van der Waals surface area contributed by atoms with Crippen LogP contribution in [-0.4, -0.2) is 31.4 Å². The highest BCUT2D eigenvalue weighted by molar-refractivity contribution is 6.04. The summed E-state index contributed by atoms with van der Waals surface area (Å²) in [6.07, 6.45) is 3.58. The van der Waals surface area contributed by atoms with Crippen LogP contribution in [0.1, 0.15) is 30.9 Å². The summed E-state index contributed by atoms with van der Waals surface area (Å²) in [6.45, 7) is 1.24. The van der Waals surface area contributed by atoms with Crippen molar-refractivity contribution in [2.75, 3.05) is 24.5 Å². The van der Waals surface area contributed by atoms with Crippen LogP contribution in [0, 0.1) is 0 Å². The molecule has 1 unspecified atom stereocenters. The van der Waals surface area contributed by atoms with Crippen LogP contribution in [0.15, 0.2) is 24.3 Å². The Morgan fingerprint density at radius 1 is 1.20 bits per heavy atom. The van der Waals surface area contributed by atoms with Gasteiger partial charge in [-0.25, -0.2) is 0 Å². The van der Waals surface area contributed by atoms with E-state index in [1.165, 1.54) is 18.4 Å². The largest absolute Gasteiger partial charge is 0.345 e. The minimum atomic E-state index is -0.106. The molecule has 0 aliphatic carbocycles. The van der Waals surface area contributed by atoms with Gasteiger partial charge in [0.25, 0.3) is 0 Å². The number of benzene rings is 1.